The van der Waals surface area contributed by atoms with E-state index in [4.69, 9.17) is 9.47 Å². The predicted molar refractivity (Wildman–Crippen MR) is 84.1 cm³/mol. The lowest BCUT2D eigenvalue weighted by molar-refractivity contribution is -0.105. The van der Waals surface area contributed by atoms with Crippen LogP contribution < -0.4 is 5.32 Å². The molecule has 114 valence electrons. The van der Waals surface area contributed by atoms with E-state index in [1.54, 1.807) is 0 Å². The first-order valence-corrected chi connectivity index (χ1v) is 8.42. The van der Waals surface area contributed by atoms with Crippen LogP contribution in [0, 0.1) is 0 Å². The Morgan fingerprint density at radius 1 is 1.25 bits per heavy atom. The highest BCUT2D eigenvalue weighted by molar-refractivity contribution is 7.11. The summed E-state index contributed by atoms with van der Waals surface area (Å²) in [4.78, 5) is 2.70. The van der Waals surface area contributed by atoms with Gasteiger partial charge >= 0.3 is 0 Å². The highest BCUT2D eigenvalue weighted by atomic mass is 32.1. The molecular weight excluding hydrogens is 270 g/mol. The molecule has 0 saturated carbocycles. The number of thiophene rings is 1. The average Bonchev–Trinajstić information content (AvgIpc) is 2.81. The van der Waals surface area contributed by atoms with E-state index in [9.17, 15) is 0 Å². The Morgan fingerprint density at radius 2 is 1.90 bits per heavy atom. The molecule has 1 N–H and O–H groups in total. The largest absolute Gasteiger partial charge is 0.375 e. The fraction of sp³-hybridized carbons (Fsp3) is 0.750. The first kappa shape index (κ1) is 16.0. The molecule has 1 aromatic heterocycles. The van der Waals surface area contributed by atoms with Crippen molar-refractivity contribution in [2.45, 2.75) is 78.0 Å². The molecule has 4 heteroatoms. The smallest absolute Gasteiger partial charge is 0.0813 e. The quantitative estimate of drug-likeness (QED) is 0.868. The van der Waals surface area contributed by atoms with Gasteiger partial charge in [-0.25, -0.2) is 0 Å². The van der Waals surface area contributed by atoms with Gasteiger partial charge in [-0.15, -0.1) is 11.3 Å². The van der Waals surface area contributed by atoms with Crippen molar-refractivity contribution >= 4 is 11.3 Å². The topological polar surface area (TPSA) is 30.5 Å². The third-order valence-corrected chi connectivity index (χ3v) is 4.58. The summed E-state index contributed by atoms with van der Waals surface area (Å²) in [7, 11) is 0. The molecule has 0 amide bonds. The highest BCUT2D eigenvalue weighted by Gasteiger charge is 2.24. The maximum absolute atomic E-state index is 6.06. The summed E-state index contributed by atoms with van der Waals surface area (Å²) in [6.45, 7) is 10.3. The van der Waals surface area contributed by atoms with Crippen LogP contribution >= 0.6 is 11.3 Å². The van der Waals surface area contributed by atoms with Gasteiger partial charge in [0.1, 0.15) is 0 Å². The van der Waals surface area contributed by atoms with Gasteiger partial charge in [0.15, 0.2) is 0 Å². The van der Waals surface area contributed by atoms with E-state index in [2.05, 4.69) is 45.1 Å². The Hall–Kier alpha value is -0.420. The van der Waals surface area contributed by atoms with Crippen molar-refractivity contribution in [3.8, 4) is 0 Å². The van der Waals surface area contributed by atoms with Crippen LogP contribution in [0.15, 0.2) is 12.1 Å². The van der Waals surface area contributed by atoms with Crippen molar-refractivity contribution in [2.24, 2.45) is 0 Å². The average molecular weight is 297 g/mol. The Morgan fingerprint density at radius 3 is 2.55 bits per heavy atom. The Kier molecular flexibility index (Phi) is 6.02. The third-order valence-electron chi connectivity index (χ3n) is 3.52. The summed E-state index contributed by atoms with van der Waals surface area (Å²) in [5.74, 6) is 0. The zero-order valence-electron chi connectivity index (χ0n) is 13.0. The second kappa shape index (κ2) is 7.55. The maximum Gasteiger partial charge on any atom is 0.0813 e. The molecule has 0 radical (unpaired) electrons. The van der Waals surface area contributed by atoms with Crippen LogP contribution in [0.25, 0.3) is 0 Å². The summed E-state index contributed by atoms with van der Waals surface area (Å²) in [5, 5.41) is 3.45. The Labute approximate surface area is 126 Å². The Balaban J connectivity index is 1.76. The van der Waals surface area contributed by atoms with Crippen molar-refractivity contribution in [3.63, 3.8) is 0 Å². The van der Waals surface area contributed by atoms with Crippen LogP contribution in [-0.4, -0.2) is 24.4 Å². The molecule has 0 aliphatic carbocycles. The number of nitrogens with one attached hydrogen (secondary N) is 1. The molecule has 1 aromatic rings. The van der Waals surface area contributed by atoms with Gasteiger partial charge in [0.05, 0.1) is 24.9 Å². The molecule has 3 nitrogen and oxygen atoms in total. The lowest BCUT2D eigenvalue weighted by atomic mass is 10.0. The van der Waals surface area contributed by atoms with E-state index in [0.717, 1.165) is 26.0 Å². The summed E-state index contributed by atoms with van der Waals surface area (Å²) in [6, 6.07) is 4.92. The number of hydrogen-bond acceptors (Lipinski definition) is 4. The van der Waals surface area contributed by atoms with E-state index < -0.39 is 0 Å². The number of hydrogen-bond donors (Lipinski definition) is 1. The second-order valence-corrected chi connectivity index (χ2v) is 7.32. The summed E-state index contributed by atoms with van der Waals surface area (Å²) < 4.78 is 11.8. The van der Waals surface area contributed by atoms with Gasteiger partial charge in [-0.05, 0) is 38.8 Å². The maximum atomic E-state index is 6.06. The van der Waals surface area contributed by atoms with Crippen molar-refractivity contribution in [3.05, 3.63) is 21.9 Å². The molecule has 1 aliphatic rings. The number of ether oxygens (including phenoxy) is 2. The molecule has 2 atom stereocenters. The monoisotopic (exact) mass is 297 g/mol. The molecule has 1 aliphatic heterocycles. The minimum Gasteiger partial charge on any atom is -0.375 e. The molecule has 0 aromatic carbocycles. The van der Waals surface area contributed by atoms with E-state index in [1.807, 2.05) is 11.3 Å². The molecule has 1 saturated heterocycles. The third kappa shape index (κ3) is 5.17. The van der Waals surface area contributed by atoms with Gasteiger partial charge in [0.2, 0.25) is 0 Å². The van der Waals surface area contributed by atoms with Crippen molar-refractivity contribution in [1.29, 1.82) is 0 Å². The van der Waals surface area contributed by atoms with Crippen LogP contribution in [0.5, 0.6) is 0 Å². The van der Waals surface area contributed by atoms with E-state index >= 15 is 0 Å². The SMILES string of the molecule is CC(C)NCc1ccc(COC2CC(C)OC(C)C2)s1. The minimum atomic E-state index is 0.317. The molecule has 20 heavy (non-hydrogen) atoms. The van der Waals surface area contributed by atoms with Gasteiger partial charge in [-0.1, -0.05) is 13.8 Å². The van der Waals surface area contributed by atoms with E-state index in [1.165, 1.54) is 9.75 Å². The zero-order chi connectivity index (χ0) is 14.5. The van der Waals surface area contributed by atoms with Gasteiger partial charge in [0.25, 0.3) is 0 Å². The predicted octanol–water partition coefficient (Wildman–Crippen LogP) is 3.72. The van der Waals surface area contributed by atoms with Gasteiger partial charge in [-0.3, -0.25) is 0 Å². The van der Waals surface area contributed by atoms with Crippen LogP contribution in [0.1, 0.15) is 50.3 Å². The summed E-state index contributed by atoms with van der Waals surface area (Å²) >= 11 is 1.85. The first-order valence-electron chi connectivity index (χ1n) is 7.61. The van der Waals surface area contributed by atoms with Crippen molar-refractivity contribution in [2.75, 3.05) is 0 Å². The van der Waals surface area contributed by atoms with Gasteiger partial charge < -0.3 is 14.8 Å². The zero-order valence-corrected chi connectivity index (χ0v) is 13.8. The molecule has 2 rings (SSSR count). The van der Waals surface area contributed by atoms with Crippen molar-refractivity contribution in [1.82, 2.24) is 5.32 Å². The lowest BCUT2D eigenvalue weighted by Crippen LogP contribution is -2.33. The summed E-state index contributed by atoms with van der Waals surface area (Å²) in [6.07, 6.45) is 3.00. The fourth-order valence-corrected chi connectivity index (χ4v) is 3.47. The van der Waals surface area contributed by atoms with E-state index in [0.29, 0.717) is 24.4 Å². The Bertz CT molecular complexity index is 395. The standard InChI is InChI=1S/C16H27NO2S/c1-11(2)17-9-15-5-6-16(20-15)10-18-14-7-12(3)19-13(4)8-14/h5-6,11-14,17H,7-10H2,1-4H3. The molecule has 2 unspecified atom stereocenters. The second-order valence-electron chi connectivity index (χ2n) is 6.07. The van der Waals surface area contributed by atoms with Crippen LogP contribution in [0.2, 0.25) is 0 Å². The van der Waals surface area contributed by atoms with Gasteiger partial charge in [-0.2, -0.15) is 0 Å². The molecule has 0 bridgehead atoms. The first-order chi connectivity index (χ1) is 9.52. The molecule has 2 heterocycles. The molecule has 1 fully saturated rings. The lowest BCUT2D eigenvalue weighted by Gasteiger charge is -2.31. The van der Waals surface area contributed by atoms with Gasteiger partial charge in [0, 0.05) is 22.3 Å². The normalized spacial score (nSPS) is 27.1. The molecule has 0 spiro atoms. The summed E-state index contributed by atoms with van der Waals surface area (Å²) in [5.41, 5.74) is 0. The van der Waals surface area contributed by atoms with Crippen molar-refractivity contribution < 1.29 is 9.47 Å². The number of rotatable bonds is 6. The van der Waals surface area contributed by atoms with Crippen LogP contribution in [0.3, 0.4) is 0 Å². The fourth-order valence-electron chi connectivity index (χ4n) is 2.58. The van der Waals surface area contributed by atoms with Crippen LogP contribution in [-0.2, 0) is 22.6 Å². The molecular formula is C16H27NO2S. The highest BCUT2D eigenvalue weighted by Crippen LogP contribution is 2.24. The van der Waals surface area contributed by atoms with E-state index in [-0.39, 0.29) is 0 Å². The minimum absolute atomic E-state index is 0.317. The van der Waals surface area contributed by atoms with Crippen LogP contribution in [0.4, 0.5) is 0 Å².